The summed E-state index contributed by atoms with van der Waals surface area (Å²) < 4.78 is 6.24. The maximum atomic E-state index is 6.24. The zero-order chi connectivity index (χ0) is 13.8. The lowest BCUT2D eigenvalue weighted by atomic mass is 9.95. The number of nitrogens with one attached hydrogen (secondary N) is 1. The number of aromatic nitrogens is 1. The summed E-state index contributed by atoms with van der Waals surface area (Å²) in [7, 11) is 0. The van der Waals surface area contributed by atoms with Gasteiger partial charge in [0.05, 0.1) is 6.20 Å². The van der Waals surface area contributed by atoms with Crippen molar-refractivity contribution in [2.24, 2.45) is 5.92 Å². The lowest BCUT2D eigenvalue weighted by Gasteiger charge is -2.24. The van der Waals surface area contributed by atoms with Gasteiger partial charge in [0.15, 0.2) is 0 Å². The van der Waals surface area contributed by atoms with E-state index in [1.807, 2.05) is 31.3 Å². The second kappa shape index (κ2) is 6.06. The zero-order valence-corrected chi connectivity index (χ0v) is 11.8. The van der Waals surface area contributed by atoms with Crippen LogP contribution >= 0.6 is 0 Å². The average Bonchev–Trinajstić information content (AvgIpc) is 3.01. The largest absolute Gasteiger partial charge is 0.484 e. The fourth-order valence-electron chi connectivity index (χ4n) is 2.69. The van der Waals surface area contributed by atoms with E-state index < -0.39 is 0 Å². The standard InChI is InChI=1S/C17H20N2O/c1-13-7-8-16(12-19-13)20-17(15-9-10-18-11-15)14-5-3-2-4-6-14/h2-8,12,15,17-18H,9-11H2,1H3/t15-,17-/m0/s1. The molecular formula is C17H20N2O. The van der Waals surface area contributed by atoms with Crippen molar-refractivity contribution >= 4 is 0 Å². The summed E-state index contributed by atoms with van der Waals surface area (Å²) in [5, 5.41) is 3.42. The Balaban J connectivity index is 1.83. The zero-order valence-electron chi connectivity index (χ0n) is 11.8. The summed E-state index contributed by atoms with van der Waals surface area (Å²) in [5.74, 6) is 1.36. The highest BCUT2D eigenvalue weighted by atomic mass is 16.5. The van der Waals surface area contributed by atoms with Crippen LogP contribution in [-0.2, 0) is 0 Å². The summed E-state index contributed by atoms with van der Waals surface area (Å²) in [6, 6.07) is 14.5. The van der Waals surface area contributed by atoms with Crippen LogP contribution in [0.4, 0.5) is 0 Å². The SMILES string of the molecule is Cc1ccc(O[C@@H](c2ccccc2)[C@H]2CCNC2)cn1. The van der Waals surface area contributed by atoms with Gasteiger partial charge in [-0.25, -0.2) is 0 Å². The minimum absolute atomic E-state index is 0.0932. The number of ether oxygens (including phenoxy) is 1. The highest BCUT2D eigenvalue weighted by Crippen LogP contribution is 2.31. The molecule has 2 aromatic rings. The maximum Gasteiger partial charge on any atom is 0.138 e. The monoisotopic (exact) mass is 268 g/mol. The highest BCUT2D eigenvalue weighted by molar-refractivity contribution is 5.24. The smallest absolute Gasteiger partial charge is 0.138 e. The van der Waals surface area contributed by atoms with Crippen LogP contribution in [0.1, 0.15) is 23.8 Å². The van der Waals surface area contributed by atoms with E-state index in [0.717, 1.165) is 31.0 Å². The van der Waals surface area contributed by atoms with Gasteiger partial charge in [-0.2, -0.15) is 0 Å². The van der Waals surface area contributed by atoms with Crippen LogP contribution in [0.25, 0.3) is 0 Å². The molecule has 0 bridgehead atoms. The quantitative estimate of drug-likeness (QED) is 0.925. The molecular weight excluding hydrogens is 248 g/mol. The molecule has 1 saturated heterocycles. The van der Waals surface area contributed by atoms with Gasteiger partial charge < -0.3 is 10.1 Å². The summed E-state index contributed by atoms with van der Waals surface area (Å²) in [4.78, 5) is 4.31. The molecule has 3 heteroatoms. The van der Waals surface area contributed by atoms with Crippen molar-refractivity contribution in [3.63, 3.8) is 0 Å². The molecule has 0 amide bonds. The van der Waals surface area contributed by atoms with Gasteiger partial charge in [0, 0.05) is 18.2 Å². The van der Waals surface area contributed by atoms with Crippen LogP contribution in [-0.4, -0.2) is 18.1 Å². The Bertz CT molecular complexity index is 533. The first-order valence-electron chi connectivity index (χ1n) is 7.18. The van der Waals surface area contributed by atoms with E-state index in [-0.39, 0.29) is 6.10 Å². The van der Waals surface area contributed by atoms with Crippen LogP contribution in [0, 0.1) is 12.8 Å². The van der Waals surface area contributed by atoms with E-state index in [2.05, 4.69) is 34.6 Å². The molecule has 0 aliphatic carbocycles. The molecule has 1 aliphatic heterocycles. The maximum absolute atomic E-state index is 6.24. The van der Waals surface area contributed by atoms with Crippen molar-refractivity contribution in [1.82, 2.24) is 10.3 Å². The van der Waals surface area contributed by atoms with Gasteiger partial charge >= 0.3 is 0 Å². The van der Waals surface area contributed by atoms with Gasteiger partial charge in [0.1, 0.15) is 11.9 Å². The van der Waals surface area contributed by atoms with Crippen molar-refractivity contribution in [3.05, 3.63) is 59.9 Å². The fraction of sp³-hybridized carbons (Fsp3) is 0.353. The molecule has 104 valence electrons. The molecule has 0 unspecified atom stereocenters. The Kier molecular flexibility index (Phi) is 3.97. The van der Waals surface area contributed by atoms with Crippen LogP contribution in [0.5, 0.6) is 5.75 Å². The minimum atomic E-state index is 0.0932. The second-order valence-electron chi connectivity index (χ2n) is 5.34. The number of pyridine rings is 1. The van der Waals surface area contributed by atoms with Crippen molar-refractivity contribution in [1.29, 1.82) is 0 Å². The van der Waals surface area contributed by atoms with E-state index >= 15 is 0 Å². The molecule has 1 N–H and O–H groups in total. The van der Waals surface area contributed by atoms with E-state index in [9.17, 15) is 0 Å². The van der Waals surface area contributed by atoms with E-state index in [0.29, 0.717) is 5.92 Å². The third kappa shape index (κ3) is 2.99. The molecule has 1 aliphatic rings. The molecule has 0 spiro atoms. The molecule has 3 nitrogen and oxygen atoms in total. The second-order valence-corrected chi connectivity index (χ2v) is 5.34. The lowest BCUT2D eigenvalue weighted by molar-refractivity contribution is 0.144. The Morgan fingerprint density at radius 3 is 2.70 bits per heavy atom. The summed E-state index contributed by atoms with van der Waals surface area (Å²) >= 11 is 0. The predicted molar refractivity (Wildman–Crippen MR) is 79.8 cm³/mol. The van der Waals surface area contributed by atoms with Crippen LogP contribution in [0.2, 0.25) is 0 Å². The normalized spacial score (nSPS) is 19.8. The minimum Gasteiger partial charge on any atom is -0.484 e. The third-order valence-corrected chi connectivity index (χ3v) is 3.80. The molecule has 2 heterocycles. The van der Waals surface area contributed by atoms with Crippen LogP contribution < -0.4 is 10.1 Å². The van der Waals surface area contributed by atoms with Gasteiger partial charge in [-0.05, 0) is 37.6 Å². The summed E-state index contributed by atoms with van der Waals surface area (Å²) in [5.41, 5.74) is 2.25. The Labute approximate surface area is 120 Å². The Morgan fingerprint density at radius 2 is 2.05 bits per heavy atom. The Morgan fingerprint density at radius 1 is 1.20 bits per heavy atom. The number of hydrogen-bond donors (Lipinski definition) is 1. The molecule has 2 atom stereocenters. The molecule has 0 radical (unpaired) electrons. The van der Waals surface area contributed by atoms with E-state index in [4.69, 9.17) is 4.74 Å². The Hall–Kier alpha value is -1.87. The first-order chi connectivity index (χ1) is 9.83. The van der Waals surface area contributed by atoms with Crippen LogP contribution in [0.3, 0.4) is 0 Å². The van der Waals surface area contributed by atoms with Crippen molar-refractivity contribution in [3.8, 4) is 5.75 Å². The molecule has 3 rings (SSSR count). The predicted octanol–water partition coefficient (Wildman–Crippen LogP) is 3.12. The molecule has 0 saturated carbocycles. The number of nitrogens with zero attached hydrogens (tertiary/aromatic N) is 1. The van der Waals surface area contributed by atoms with Gasteiger partial charge in [0.25, 0.3) is 0 Å². The van der Waals surface area contributed by atoms with Crippen molar-refractivity contribution in [2.45, 2.75) is 19.4 Å². The molecule has 1 aromatic heterocycles. The third-order valence-electron chi connectivity index (χ3n) is 3.80. The fourth-order valence-corrected chi connectivity index (χ4v) is 2.69. The number of hydrogen-bond acceptors (Lipinski definition) is 3. The molecule has 1 aromatic carbocycles. The van der Waals surface area contributed by atoms with Gasteiger partial charge in [-0.15, -0.1) is 0 Å². The summed E-state index contributed by atoms with van der Waals surface area (Å²) in [6.45, 7) is 4.07. The number of aryl methyl sites for hydroxylation is 1. The first-order valence-corrected chi connectivity index (χ1v) is 7.18. The number of benzene rings is 1. The summed E-state index contributed by atoms with van der Waals surface area (Å²) in [6.07, 6.45) is 3.06. The first kappa shape index (κ1) is 13.1. The van der Waals surface area contributed by atoms with E-state index in [1.165, 1.54) is 5.56 Å². The van der Waals surface area contributed by atoms with Crippen molar-refractivity contribution in [2.75, 3.05) is 13.1 Å². The van der Waals surface area contributed by atoms with Gasteiger partial charge in [-0.3, -0.25) is 4.98 Å². The van der Waals surface area contributed by atoms with Gasteiger partial charge in [0.2, 0.25) is 0 Å². The average molecular weight is 268 g/mol. The number of rotatable bonds is 4. The van der Waals surface area contributed by atoms with Crippen LogP contribution in [0.15, 0.2) is 48.7 Å². The molecule has 1 fully saturated rings. The van der Waals surface area contributed by atoms with E-state index in [1.54, 1.807) is 0 Å². The van der Waals surface area contributed by atoms with Crippen molar-refractivity contribution < 1.29 is 4.74 Å². The lowest BCUT2D eigenvalue weighted by Crippen LogP contribution is -2.21. The highest BCUT2D eigenvalue weighted by Gasteiger charge is 2.27. The molecule has 20 heavy (non-hydrogen) atoms. The van der Waals surface area contributed by atoms with Gasteiger partial charge in [-0.1, -0.05) is 30.3 Å². The topological polar surface area (TPSA) is 34.1 Å².